The molecule has 268 valence electrons. The zero-order valence-electron chi connectivity index (χ0n) is 28.5. The highest BCUT2D eigenvalue weighted by Gasteiger charge is 2.37. The minimum atomic E-state index is -3.82. The van der Waals surface area contributed by atoms with E-state index in [0.29, 0.717) is 36.2 Å². The minimum absolute atomic E-state index is 0.0112. The van der Waals surface area contributed by atoms with Crippen molar-refractivity contribution >= 4 is 39.0 Å². The summed E-state index contributed by atoms with van der Waals surface area (Å²) in [6.07, 6.45) is 6.85. The Hall–Kier alpha value is -3.91. The van der Waals surface area contributed by atoms with Crippen LogP contribution < -0.4 is 19.1 Å². The van der Waals surface area contributed by atoms with Crippen LogP contribution in [0, 0.1) is 17.8 Å². The van der Waals surface area contributed by atoms with Gasteiger partial charge in [-0.2, -0.15) is 0 Å². The molecule has 6 atom stereocenters. The molecule has 3 heterocycles. The van der Waals surface area contributed by atoms with Crippen molar-refractivity contribution in [1.82, 2.24) is 14.5 Å². The van der Waals surface area contributed by atoms with Gasteiger partial charge in [0.25, 0.3) is 11.8 Å². The van der Waals surface area contributed by atoms with E-state index in [0.717, 1.165) is 43.2 Å². The zero-order valence-corrected chi connectivity index (χ0v) is 30.0. The number of fused-ring (bicyclic) bond motifs is 3. The molecular weight excluding hydrogens is 682 g/mol. The Morgan fingerprint density at radius 2 is 1.90 bits per heavy atom. The molecular formula is C36H44ClN5O7S. The summed E-state index contributed by atoms with van der Waals surface area (Å²) in [6.45, 7) is 3.19. The first kappa shape index (κ1) is 35.9. The van der Waals surface area contributed by atoms with Crippen LogP contribution in [-0.2, 0) is 29.9 Å². The topological polar surface area (TPSA) is 156 Å². The lowest BCUT2D eigenvalue weighted by Crippen LogP contribution is -2.43. The number of nitrogens with zero attached hydrogens (tertiary/aromatic N) is 4. The van der Waals surface area contributed by atoms with Gasteiger partial charge in [0.2, 0.25) is 5.88 Å². The van der Waals surface area contributed by atoms with Crippen LogP contribution in [0.3, 0.4) is 0 Å². The van der Waals surface area contributed by atoms with Gasteiger partial charge in [0.05, 0.1) is 37.4 Å². The number of methoxy groups -OCH3 is 1. The highest BCUT2D eigenvalue weighted by atomic mass is 35.5. The first-order valence-corrected chi connectivity index (χ1v) is 19.0. The van der Waals surface area contributed by atoms with Crippen molar-refractivity contribution in [2.75, 3.05) is 30.9 Å². The van der Waals surface area contributed by atoms with Gasteiger partial charge in [-0.3, -0.25) is 19.0 Å². The summed E-state index contributed by atoms with van der Waals surface area (Å²) in [5.74, 6) is -1.95. The van der Waals surface area contributed by atoms with E-state index in [1.165, 1.54) is 24.1 Å². The Bertz CT molecular complexity index is 1900. The number of rotatable bonds is 3. The minimum Gasteiger partial charge on any atom is -0.491 e. The molecule has 0 radical (unpaired) electrons. The summed E-state index contributed by atoms with van der Waals surface area (Å²) in [4.78, 5) is 29.6. The summed E-state index contributed by atoms with van der Waals surface area (Å²) in [5, 5.41) is 27.1. The molecule has 14 heteroatoms. The Morgan fingerprint density at radius 3 is 2.66 bits per heavy atom. The van der Waals surface area contributed by atoms with E-state index in [2.05, 4.69) is 19.1 Å². The smallest absolute Gasteiger partial charge is 0.286 e. The maximum atomic E-state index is 14.5. The summed E-state index contributed by atoms with van der Waals surface area (Å²) >= 11 is 6.42. The van der Waals surface area contributed by atoms with Crippen LogP contribution in [-0.4, -0.2) is 74.2 Å². The van der Waals surface area contributed by atoms with E-state index in [1.807, 2.05) is 18.2 Å². The second-order valence-electron chi connectivity index (χ2n) is 13.5. The molecule has 1 aromatic heterocycles. The molecule has 1 saturated carbocycles. The number of hydrogen-bond donors (Lipinski definition) is 3. The molecule has 2 amide bonds. The highest BCUT2D eigenvalue weighted by molar-refractivity contribution is 7.92. The quantitative estimate of drug-likeness (QED) is 0.326. The summed E-state index contributed by atoms with van der Waals surface area (Å²) < 4.78 is 34.0. The molecule has 0 saturated heterocycles. The predicted octanol–water partition coefficient (Wildman–Crippen LogP) is 4.71. The molecule has 3 aromatic rings. The molecule has 12 nitrogen and oxygen atoms in total. The fraction of sp³-hybridized carbons (Fsp3) is 0.472. The first-order chi connectivity index (χ1) is 23.9. The van der Waals surface area contributed by atoms with E-state index in [1.54, 1.807) is 38.2 Å². The van der Waals surface area contributed by atoms with E-state index >= 15 is 0 Å². The standard InChI is InChI=1S/C36H44ClN5O7S/c1-22-21-50(47,40-35(46)29-20-41(2)38-36(29)48-3)39-34(45)24-9-14-33-30(17-24)42(19-26-8-11-28(26)32(44)13-12-31(22)43)18-25-7-10-27(37)16-23(25)6-4-5-15-49-33/h7,9-10,12-14,16-17,20,22,26,28,31-32,43-44H,4-6,8,11,15,18-19,21H2,1-3H3,(H,39,40,45,46,47)/b13-12+/t22-,26+,28-,31+,32+,50?/m1/s1. The van der Waals surface area contributed by atoms with Crippen molar-refractivity contribution in [3.05, 3.63) is 82.0 Å². The van der Waals surface area contributed by atoms with E-state index < -0.39 is 39.9 Å². The second-order valence-corrected chi connectivity index (χ2v) is 15.9. The van der Waals surface area contributed by atoms with E-state index in [-0.39, 0.29) is 34.6 Å². The normalized spacial score (nSPS) is 28.0. The monoisotopic (exact) mass is 725 g/mol. The third-order valence-corrected chi connectivity index (χ3v) is 12.0. The van der Waals surface area contributed by atoms with Gasteiger partial charge in [0, 0.05) is 36.9 Å². The summed E-state index contributed by atoms with van der Waals surface area (Å²) in [5.41, 5.74) is 3.10. The number of halogens is 1. The van der Waals surface area contributed by atoms with Crippen molar-refractivity contribution in [3.63, 3.8) is 0 Å². The fourth-order valence-corrected chi connectivity index (χ4v) is 8.97. The van der Waals surface area contributed by atoms with Gasteiger partial charge in [0.1, 0.15) is 21.2 Å². The predicted molar refractivity (Wildman–Crippen MR) is 191 cm³/mol. The molecule has 2 aliphatic heterocycles. The van der Waals surface area contributed by atoms with Gasteiger partial charge in [-0.15, -0.1) is 9.46 Å². The van der Waals surface area contributed by atoms with Crippen molar-refractivity contribution in [2.24, 2.45) is 29.2 Å². The van der Waals surface area contributed by atoms with Gasteiger partial charge in [-0.25, -0.2) is 4.21 Å². The van der Waals surface area contributed by atoms with Crippen LogP contribution in [0.5, 0.6) is 11.6 Å². The van der Waals surface area contributed by atoms with Crippen molar-refractivity contribution < 1.29 is 33.5 Å². The lowest BCUT2D eigenvalue weighted by molar-refractivity contribution is 0.0450. The summed E-state index contributed by atoms with van der Waals surface area (Å²) in [7, 11) is -0.854. The van der Waals surface area contributed by atoms with Gasteiger partial charge in [0.15, 0.2) is 0 Å². The molecule has 0 spiro atoms. The van der Waals surface area contributed by atoms with Gasteiger partial charge >= 0.3 is 0 Å². The van der Waals surface area contributed by atoms with Gasteiger partial charge < -0.3 is 24.6 Å². The second kappa shape index (κ2) is 15.1. The SMILES string of the molecule is COc1nn(C)cc1C(=O)NS1(=O)=NC(=O)c2ccc3c(c2)N(Cc2ccc(Cl)cc2CCCCO3)C[C@@H]2CC[C@H]2[C@@H](O)/C=C/[C@H](O)[C@H](C)C1. The number of amides is 2. The maximum absolute atomic E-state index is 14.5. The van der Waals surface area contributed by atoms with Crippen LogP contribution in [0.15, 0.2) is 59.1 Å². The Balaban J connectivity index is 1.46. The number of anilines is 1. The van der Waals surface area contributed by atoms with Crippen LogP contribution >= 0.6 is 11.6 Å². The molecule has 3 N–H and O–H groups in total. The number of benzene rings is 2. The molecule has 1 aliphatic carbocycles. The number of hydrogen-bond acceptors (Lipinski definition) is 9. The van der Waals surface area contributed by atoms with Crippen LogP contribution in [0.1, 0.15) is 64.4 Å². The Labute approximate surface area is 297 Å². The molecule has 1 fully saturated rings. The number of nitrogens with one attached hydrogen (secondary N) is 1. The van der Waals surface area contributed by atoms with Crippen molar-refractivity contribution in [1.29, 1.82) is 0 Å². The average molecular weight is 726 g/mol. The highest BCUT2D eigenvalue weighted by Crippen LogP contribution is 2.41. The van der Waals surface area contributed by atoms with E-state index in [9.17, 15) is 24.0 Å². The molecule has 50 heavy (non-hydrogen) atoms. The first-order valence-electron chi connectivity index (χ1n) is 17.0. The van der Waals surface area contributed by atoms with Crippen LogP contribution in [0.4, 0.5) is 5.69 Å². The Kier molecular flexibility index (Phi) is 10.9. The number of aromatic nitrogens is 2. The van der Waals surface area contributed by atoms with E-state index in [4.69, 9.17) is 21.1 Å². The van der Waals surface area contributed by atoms with Gasteiger partial charge in [-0.1, -0.05) is 36.7 Å². The number of aryl methyl sites for hydroxylation is 2. The van der Waals surface area contributed by atoms with Crippen LogP contribution in [0.25, 0.3) is 0 Å². The number of aliphatic hydroxyl groups is 2. The van der Waals surface area contributed by atoms with Crippen molar-refractivity contribution in [3.8, 4) is 11.6 Å². The fourth-order valence-electron chi connectivity index (χ4n) is 6.89. The third kappa shape index (κ3) is 8.01. The molecule has 2 aromatic carbocycles. The zero-order chi connectivity index (χ0) is 35.6. The summed E-state index contributed by atoms with van der Waals surface area (Å²) in [6, 6.07) is 10.9. The molecule has 6 rings (SSSR count). The Morgan fingerprint density at radius 1 is 1.10 bits per heavy atom. The molecule has 2 bridgehead atoms. The van der Waals surface area contributed by atoms with Crippen LogP contribution in [0.2, 0.25) is 5.02 Å². The number of ether oxygens (including phenoxy) is 2. The average Bonchev–Trinajstić information content (AvgIpc) is 3.44. The third-order valence-electron chi connectivity index (χ3n) is 9.84. The lowest BCUT2D eigenvalue weighted by atomic mass is 9.70. The number of aliphatic hydroxyl groups excluding tert-OH is 2. The number of carbonyl (C=O) groups excluding carboxylic acids is 2. The van der Waals surface area contributed by atoms with Gasteiger partial charge in [-0.05, 0) is 91.3 Å². The largest absolute Gasteiger partial charge is 0.491 e. The lowest BCUT2D eigenvalue weighted by Gasteiger charge is -2.43. The molecule has 1 unspecified atom stereocenters. The number of carbonyl (C=O) groups is 2. The molecule has 3 aliphatic rings. The maximum Gasteiger partial charge on any atom is 0.286 e. The van der Waals surface area contributed by atoms with Crippen molar-refractivity contribution in [2.45, 2.75) is 57.8 Å².